The molecule has 1 aromatic heterocycles. The van der Waals surface area contributed by atoms with Crippen LogP contribution < -0.4 is 10.1 Å². The molecule has 2 heterocycles. The zero-order valence-electron chi connectivity index (χ0n) is 15.8. The number of aryl methyl sites for hydroxylation is 1. The van der Waals surface area contributed by atoms with Crippen LogP contribution in [0.4, 0.5) is 0 Å². The van der Waals surface area contributed by atoms with Gasteiger partial charge in [0, 0.05) is 43.8 Å². The Bertz CT molecular complexity index is 734. The van der Waals surface area contributed by atoms with Crippen molar-refractivity contribution in [3.05, 3.63) is 47.2 Å². The molecule has 1 atom stereocenters. The molecule has 8 heteroatoms. The van der Waals surface area contributed by atoms with Crippen molar-refractivity contribution in [2.24, 2.45) is 12.0 Å². The van der Waals surface area contributed by atoms with E-state index in [2.05, 4.69) is 28.4 Å². The van der Waals surface area contributed by atoms with Gasteiger partial charge in [0.1, 0.15) is 12.4 Å². The molecule has 1 fully saturated rings. The van der Waals surface area contributed by atoms with Crippen molar-refractivity contribution >= 4 is 41.5 Å². The number of nitrogens with one attached hydrogen (secondary N) is 1. The van der Waals surface area contributed by atoms with Crippen LogP contribution in [0.2, 0.25) is 5.02 Å². The van der Waals surface area contributed by atoms with Gasteiger partial charge in [0.05, 0.1) is 12.7 Å². The molecule has 0 saturated carbocycles. The van der Waals surface area contributed by atoms with Gasteiger partial charge in [0.25, 0.3) is 0 Å². The van der Waals surface area contributed by atoms with E-state index < -0.39 is 0 Å². The van der Waals surface area contributed by atoms with E-state index in [0.717, 1.165) is 37.8 Å². The molecule has 27 heavy (non-hydrogen) atoms. The molecule has 3 rings (SSSR count). The highest BCUT2D eigenvalue weighted by Gasteiger charge is 2.26. The third-order valence-corrected chi connectivity index (χ3v) is 4.71. The van der Waals surface area contributed by atoms with Crippen molar-refractivity contribution in [1.29, 1.82) is 0 Å². The van der Waals surface area contributed by atoms with Crippen LogP contribution in [0.15, 0.2) is 41.7 Å². The Labute approximate surface area is 183 Å². The molecule has 0 bridgehead atoms. The summed E-state index contributed by atoms with van der Waals surface area (Å²) >= 11 is 5.88. The summed E-state index contributed by atoms with van der Waals surface area (Å²) in [5.41, 5.74) is 1.30. The van der Waals surface area contributed by atoms with Crippen LogP contribution in [0, 0.1) is 0 Å². The molecule has 0 spiro atoms. The topological polar surface area (TPSA) is 54.7 Å². The monoisotopic (exact) mass is 503 g/mol. The third kappa shape index (κ3) is 6.27. The van der Waals surface area contributed by atoms with Crippen LogP contribution in [0.5, 0.6) is 5.75 Å². The first kappa shape index (κ1) is 21.8. The van der Waals surface area contributed by atoms with E-state index in [-0.39, 0.29) is 24.0 Å². The predicted octanol–water partition coefficient (Wildman–Crippen LogP) is 3.53. The Kier molecular flexibility index (Phi) is 8.69. The van der Waals surface area contributed by atoms with Gasteiger partial charge < -0.3 is 15.0 Å². The summed E-state index contributed by atoms with van der Waals surface area (Å²) in [6, 6.07) is 7.40. The zero-order chi connectivity index (χ0) is 18.4. The van der Waals surface area contributed by atoms with Crippen molar-refractivity contribution in [3.63, 3.8) is 0 Å². The molecule has 1 N–H and O–H groups in total. The third-order valence-electron chi connectivity index (χ3n) is 4.45. The molecule has 0 amide bonds. The van der Waals surface area contributed by atoms with E-state index in [1.54, 1.807) is 0 Å². The van der Waals surface area contributed by atoms with Crippen molar-refractivity contribution < 1.29 is 4.74 Å². The lowest BCUT2D eigenvalue weighted by Crippen LogP contribution is -2.40. The predicted molar refractivity (Wildman–Crippen MR) is 120 cm³/mol. The molecule has 1 saturated heterocycles. The molecule has 0 radical (unpaired) electrons. The Hall–Kier alpha value is -1.48. The number of aromatic nitrogens is 2. The molecule has 1 aliphatic heterocycles. The van der Waals surface area contributed by atoms with Gasteiger partial charge in [-0.15, -0.1) is 24.0 Å². The summed E-state index contributed by atoms with van der Waals surface area (Å²) in [4.78, 5) is 7.04. The van der Waals surface area contributed by atoms with E-state index in [1.807, 2.05) is 42.2 Å². The zero-order valence-corrected chi connectivity index (χ0v) is 18.9. The Morgan fingerprint density at radius 1 is 1.37 bits per heavy atom. The van der Waals surface area contributed by atoms with E-state index in [0.29, 0.717) is 24.1 Å². The van der Waals surface area contributed by atoms with Gasteiger partial charge in [0.2, 0.25) is 0 Å². The molecule has 1 aliphatic rings. The van der Waals surface area contributed by atoms with Crippen LogP contribution in [-0.4, -0.2) is 53.4 Å². The van der Waals surface area contributed by atoms with Crippen LogP contribution in [0.1, 0.15) is 24.8 Å². The largest absolute Gasteiger partial charge is 0.492 e. The van der Waals surface area contributed by atoms with Gasteiger partial charge in [-0.3, -0.25) is 4.68 Å². The van der Waals surface area contributed by atoms with Gasteiger partial charge >= 0.3 is 0 Å². The maximum Gasteiger partial charge on any atom is 0.194 e. The maximum atomic E-state index is 5.88. The molecule has 6 nitrogen and oxygen atoms in total. The number of rotatable bonds is 6. The Balaban J connectivity index is 0.00000261. The average Bonchev–Trinajstić information content (AvgIpc) is 3.28. The summed E-state index contributed by atoms with van der Waals surface area (Å²) < 4.78 is 7.59. The molecule has 2 aromatic rings. The second-order valence-electron chi connectivity index (χ2n) is 6.42. The molecule has 1 unspecified atom stereocenters. The minimum absolute atomic E-state index is 0. The Morgan fingerprint density at radius 2 is 2.15 bits per heavy atom. The summed E-state index contributed by atoms with van der Waals surface area (Å²) in [6.07, 6.45) is 5.20. The first-order valence-corrected chi connectivity index (χ1v) is 9.43. The summed E-state index contributed by atoms with van der Waals surface area (Å²) in [7, 11) is 1.96. The molecule has 1 aromatic carbocycles. The van der Waals surface area contributed by atoms with Gasteiger partial charge in [-0.1, -0.05) is 11.6 Å². The summed E-state index contributed by atoms with van der Waals surface area (Å²) in [5.74, 6) is 2.28. The minimum atomic E-state index is 0. The highest BCUT2D eigenvalue weighted by atomic mass is 127. The maximum absolute atomic E-state index is 5.88. The fraction of sp³-hybridized carbons (Fsp3) is 0.474. The lowest BCUT2D eigenvalue weighted by atomic mass is 10.0. The number of hydrogen-bond donors (Lipinski definition) is 1. The van der Waals surface area contributed by atoms with E-state index in [9.17, 15) is 0 Å². The van der Waals surface area contributed by atoms with Crippen LogP contribution in [0.3, 0.4) is 0 Å². The van der Waals surface area contributed by atoms with Crippen LogP contribution in [-0.2, 0) is 7.05 Å². The van der Waals surface area contributed by atoms with Gasteiger partial charge in [-0.2, -0.15) is 5.10 Å². The lowest BCUT2D eigenvalue weighted by molar-refractivity contribution is 0.327. The van der Waals surface area contributed by atoms with Crippen molar-refractivity contribution in [2.75, 3.05) is 32.8 Å². The smallest absolute Gasteiger partial charge is 0.194 e. The fourth-order valence-electron chi connectivity index (χ4n) is 3.15. The number of ether oxygens (including phenoxy) is 1. The highest BCUT2D eigenvalue weighted by molar-refractivity contribution is 14.0. The normalized spacial score (nSPS) is 16.9. The minimum Gasteiger partial charge on any atom is -0.492 e. The van der Waals surface area contributed by atoms with Crippen LogP contribution >= 0.6 is 35.6 Å². The molecule has 0 aliphatic carbocycles. The number of benzene rings is 1. The first-order chi connectivity index (χ1) is 12.7. The first-order valence-electron chi connectivity index (χ1n) is 9.06. The van der Waals surface area contributed by atoms with Gasteiger partial charge in [-0.25, -0.2) is 4.99 Å². The Morgan fingerprint density at radius 3 is 2.81 bits per heavy atom. The second-order valence-corrected chi connectivity index (χ2v) is 6.85. The molecule has 148 valence electrons. The number of aliphatic imine (C=N–C) groups is 1. The van der Waals surface area contributed by atoms with Crippen molar-refractivity contribution in [1.82, 2.24) is 20.0 Å². The summed E-state index contributed by atoms with van der Waals surface area (Å²) in [6.45, 7) is 6.06. The summed E-state index contributed by atoms with van der Waals surface area (Å²) in [5, 5.41) is 8.39. The van der Waals surface area contributed by atoms with Crippen LogP contribution in [0.25, 0.3) is 0 Å². The number of nitrogens with zero attached hydrogens (tertiary/aromatic N) is 4. The fourth-order valence-corrected chi connectivity index (χ4v) is 3.27. The number of halogens is 2. The van der Waals surface area contributed by atoms with Gasteiger partial charge in [-0.05, 0) is 43.2 Å². The number of guanidine groups is 1. The number of likely N-dealkylation sites (tertiary alicyclic amines) is 1. The SMILES string of the molecule is CCNC(=NCCOc1ccc(Cl)cc1)N1CCC(c2cnn(C)c2)C1.I. The highest BCUT2D eigenvalue weighted by Crippen LogP contribution is 2.26. The average molecular weight is 504 g/mol. The van der Waals surface area contributed by atoms with Crippen molar-refractivity contribution in [3.8, 4) is 5.75 Å². The van der Waals surface area contributed by atoms with Gasteiger partial charge in [0.15, 0.2) is 5.96 Å². The second kappa shape index (κ2) is 10.8. The lowest BCUT2D eigenvalue weighted by Gasteiger charge is -2.21. The number of hydrogen-bond acceptors (Lipinski definition) is 3. The molecular weight excluding hydrogens is 477 g/mol. The molecular formula is C19H27ClIN5O. The van der Waals surface area contributed by atoms with Crippen molar-refractivity contribution in [2.45, 2.75) is 19.3 Å². The quantitative estimate of drug-likeness (QED) is 0.284. The van der Waals surface area contributed by atoms with E-state index in [4.69, 9.17) is 21.3 Å². The standard InChI is InChI=1S/C19H26ClN5O.HI/c1-3-21-19(22-9-11-26-18-6-4-17(20)5-7-18)25-10-8-15(14-25)16-12-23-24(2)13-16;/h4-7,12-13,15H,3,8-11,14H2,1-2H3,(H,21,22);1H. The van der Waals surface area contributed by atoms with E-state index in [1.165, 1.54) is 5.56 Å². The van der Waals surface area contributed by atoms with E-state index >= 15 is 0 Å².